The van der Waals surface area contributed by atoms with Gasteiger partial charge in [0, 0.05) is 27.4 Å². The molecule has 1 heterocycles. The Bertz CT molecular complexity index is 1120. The summed E-state index contributed by atoms with van der Waals surface area (Å²) >= 11 is 1.72. The first-order chi connectivity index (χ1) is 15.1. The maximum Gasteiger partial charge on any atom is 0.314 e. The number of aromatic nitrogens is 2. The van der Waals surface area contributed by atoms with Gasteiger partial charge in [-0.3, -0.25) is 4.79 Å². The van der Waals surface area contributed by atoms with Gasteiger partial charge in [0.05, 0.1) is 5.41 Å². The fourth-order valence-corrected chi connectivity index (χ4v) is 4.98. The van der Waals surface area contributed by atoms with E-state index in [-0.39, 0.29) is 0 Å². The van der Waals surface area contributed by atoms with Gasteiger partial charge in [0.15, 0.2) is 5.82 Å². The van der Waals surface area contributed by atoms with E-state index in [4.69, 9.17) is 9.97 Å². The second-order valence-corrected chi connectivity index (χ2v) is 9.23. The van der Waals surface area contributed by atoms with Crippen LogP contribution in [0.3, 0.4) is 0 Å². The highest BCUT2D eigenvalue weighted by molar-refractivity contribution is 7.98. The summed E-state index contributed by atoms with van der Waals surface area (Å²) in [7, 11) is 0. The lowest BCUT2D eigenvalue weighted by molar-refractivity contribution is -0.147. The first-order valence-electron chi connectivity index (χ1n) is 10.7. The molecule has 6 heteroatoms. The Balaban J connectivity index is 1.45. The molecule has 0 atom stereocenters. The zero-order chi connectivity index (χ0) is 21.4. The Hall–Kier alpha value is -2.86. The van der Waals surface area contributed by atoms with Crippen LogP contribution in [0.1, 0.15) is 42.5 Å². The van der Waals surface area contributed by atoms with Crippen molar-refractivity contribution in [1.29, 1.82) is 0 Å². The number of aryl methyl sites for hydroxylation is 1. The van der Waals surface area contributed by atoms with Gasteiger partial charge in [-0.1, -0.05) is 30.7 Å². The molecule has 0 radical (unpaired) electrons. The van der Waals surface area contributed by atoms with Crippen LogP contribution in [0.25, 0.3) is 11.4 Å². The second-order valence-electron chi connectivity index (χ2n) is 8.35. The molecule has 2 aliphatic rings. The van der Waals surface area contributed by atoms with E-state index in [0.717, 1.165) is 59.8 Å². The molecular weight excluding hydrogens is 406 g/mol. The monoisotopic (exact) mass is 431 g/mol. The number of hydrogen-bond acceptors (Lipinski definition) is 5. The van der Waals surface area contributed by atoms with Crippen molar-refractivity contribution in [3.8, 4) is 11.4 Å². The molecule has 2 aliphatic carbocycles. The fraction of sp³-hybridized carbons (Fsp3) is 0.320. The van der Waals surface area contributed by atoms with Gasteiger partial charge >= 0.3 is 5.97 Å². The van der Waals surface area contributed by atoms with Crippen LogP contribution in [0.4, 0.5) is 11.5 Å². The highest BCUT2D eigenvalue weighted by Gasteiger charge is 2.45. The maximum absolute atomic E-state index is 11.8. The first kappa shape index (κ1) is 20.1. The van der Waals surface area contributed by atoms with E-state index in [9.17, 15) is 9.90 Å². The standard InChI is InChI=1S/C25H25N3O2S/c1-31-19-12-6-16(7-13-19)22-27-21-5-2-4-20(21)23(28-22)26-18-10-8-17(9-11-18)25(24(29)30)14-3-15-25/h6-13H,2-5,14-15H2,1H3,(H,29,30)(H,26,27,28). The highest BCUT2D eigenvalue weighted by Crippen LogP contribution is 2.44. The topological polar surface area (TPSA) is 75.1 Å². The van der Waals surface area contributed by atoms with Crippen LogP contribution in [0.2, 0.25) is 0 Å². The Morgan fingerprint density at radius 1 is 1.00 bits per heavy atom. The zero-order valence-corrected chi connectivity index (χ0v) is 18.3. The van der Waals surface area contributed by atoms with Crippen molar-refractivity contribution in [2.24, 2.45) is 0 Å². The summed E-state index contributed by atoms with van der Waals surface area (Å²) in [5.41, 5.74) is 4.43. The number of carbonyl (C=O) groups is 1. The van der Waals surface area contributed by atoms with Gasteiger partial charge in [0.2, 0.25) is 0 Å². The number of anilines is 2. The molecule has 0 unspecified atom stereocenters. The third kappa shape index (κ3) is 3.59. The van der Waals surface area contributed by atoms with Crippen molar-refractivity contribution in [3.63, 3.8) is 0 Å². The Labute approximate surface area is 186 Å². The predicted octanol–water partition coefficient (Wildman–Crippen LogP) is 5.60. The number of nitrogens with one attached hydrogen (secondary N) is 1. The van der Waals surface area contributed by atoms with Crippen LogP contribution in [0.5, 0.6) is 0 Å². The smallest absolute Gasteiger partial charge is 0.314 e. The van der Waals surface area contributed by atoms with E-state index in [1.165, 1.54) is 10.5 Å². The summed E-state index contributed by atoms with van der Waals surface area (Å²) in [6.45, 7) is 0. The zero-order valence-electron chi connectivity index (χ0n) is 17.5. The van der Waals surface area contributed by atoms with E-state index in [2.05, 4.69) is 35.8 Å². The molecule has 0 aliphatic heterocycles. The minimum atomic E-state index is -0.717. The molecule has 0 saturated heterocycles. The number of thioether (sulfide) groups is 1. The average molecular weight is 432 g/mol. The van der Waals surface area contributed by atoms with Crippen LogP contribution in [0.15, 0.2) is 53.4 Å². The third-order valence-corrected chi connectivity index (χ3v) is 7.34. The Kier molecular flexibility index (Phi) is 5.18. The van der Waals surface area contributed by atoms with Gasteiger partial charge in [-0.05, 0) is 68.2 Å². The number of carboxylic acid groups (broad SMARTS) is 1. The van der Waals surface area contributed by atoms with Gasteiger partial charge in [0.1, 0.15) is 5.82 Å². The molecule has 0 bridgehead atoms. The van der Waals surface area contributed by atoms with E-state index in [1.807, 2.05) is 24.3 Å². The summed E-state index contributed by atoms with van der Waals surface area (Å²) in [5.74, 6) is 0.882. The van der Waals surface area contributed by atoms with Crippen molar-refractivity contribution < 1.29 is 9.90 Å². The van der Waals surface area contributed by atoms with Crippen molar-refractivity contribution in [1.82, 2.24) is 9.97 Å². The molecule has 0 amide bonds. The van der Waals surface area contributed by atoms with Crippen LogP contribution in [-0.2, 0) is 23.1 Å². The first-order valence-corrected chi connectivity index (χ1v) is 12.0. The number of carboxylic acids is 1. The lowest BCUT2D eigenvalue weighted by atomic mass is 9.64. The minimum absolute atomic E-state index is 0.704. The quantitative estimate of drug-likeness (QED) is 0.495. The maximum atomic E-state index is 11.8. The van der Waals surface area contributed by atoms with Crippen LogP contribution >= 0.6 is 11.8 Å². The second kappa shape index (κ2) is 8.00. The average Bonchev–Trinajstić information content (AvgIpc) is 3.23. The molecule has 5 nitrogen and oxygen atoms in total. The lowest BCUT2D eigenvalue weighted by Crippen LogP contribution is -2.42. The minimum Gasteiger partial charge on any atom is -0.481 e. The number of hydrogen-bond donors (Lipinski definition) is 2. The number of aliphatic carboxylic acids is 1. The van der Waals surface area contributed by atoms with E-state index in [0.29, 0.717) is 12.8 Å². The highest BCUT2D eigenvalue weighted by atomic mass is 32.2. The van der Waals surface area contributed by atoms with E-state index < -0.39 is 11.4 Å². The van der Waals surface area contributed by atoms with Gasteiger partial charge in [-0.2, -0.15) is 0 Å². The summed E-state index contributed by atoms with van der Waals surface area (Å²) in [6.07, 6.45) is 7.51. The van der Waals surface area contributed by atoms with Gasteiger partial charge in [0.25, 0.3) is 0 Å². The van der Waals surface area contributed by atoms with Gasteiger partial charge in [-0.15, -0.1) is 11.8 Å². The molecule has 1 saturated carbocycles. The van der Waals surface area contributed by atoms with Crippen LogP contribution in [-0.4, -0.2) is 27.3 Å². The molecule has 1 aromatic heterocycles. The third-order valence-electron chi connectivity index (χ3n) is 6.60. The van der Waals surface area contributed by atoms with Crippen LogP contribution in [0, 0.1) is 0 Å². The van der Waals surface area contributed by atoms with E-state index in [1.54, 1.807) is 11.8 Å². The van der Waals surface area contributed by atoms with Crippen molar-refractivity contribution in [2.75, 3.05) is 11.6 Å². The molecule has 31 heavy (non-hydrogen) atoms. The van der Waals surface area contributed by atoms with Gasteiger partial charge in [-0.25, -0.2) is 9.97 Å². The SMILES string of the molecule is CSc1ccc(-c2nc3c(c(Nc4ccc(C5(C(=O)O)CCC5)cc4)n2)CCC3)cc1. The van der Waals surface area contributed by atoms with E-state index >= 15 is 0 Å². The molecule has 1 fully saturated rings. The predicted molar refractivity (Wildman–Crippen MR) is 124 cm³/mol. The molecular formula is C25H25N3O2S. The summed E-state index contributed by atoms with van der Waals surface area (Å²) in [4.78, 5) is 22.7. The number of rotatable bonds is 6. The number of nitrogens with zero attached hydrogens (tertiary/aromatic N) is 2. The lowest BCUT2D eigenvalue weighted by Gasteiger charge is -2.38. The summed E-state index contributed by atoms with van der Waals surface area (Å²) < 4.78 is 0. The molecule has 2 aromatic carbocycles. The van der Waals surface area contributed by atoms with Crippen LogP contribution < -0.4 is 5.32 Å². The van der Waals surface area contributed by atoms with Gasteiger partial charge < -0.3 is 10.4 Å². The number of fused-ring (bicyclic) bond motifs is 1. The normalized spacial score (nSPS) is 16.4. The Morgan fingerprint density at radius 2 is 1.74 bits per heavy atom. The largest absolute Gasteiger partial charge is 0.481 e. The van der Waals surface area contributed by atoms with Crippen molar-refractivity contribution >= 4 is 29.2 Å². The fourth-order valence-electron chi connectivity index (χ4n) is 4.57. The molecule has 0 spiro atoms. The van der Waals surface area contributed by atoms with Crippen molar-refractivity contribution in [3.05, 3.63) is 65.4 Å². The van der Waals surface area contributed by atoms with Crippen molar-refractivity contribution in [2.45, 2.75) is 48.8 Å². The molecule has 3 aromatic rings. The molecule has 2 N–H and O–H groups in total. The summed E-state index contributed by atoms with van der Waals surface area (Å²) in [6, 6.07) is 16.2. The number of benzene rings is 2. The molecule has 158 valence electrons. The summed E-state index contributed by atoms with van der Waals surface area (Å²) in [5, 5.41) is 13.2. The molecule has 5 rings (SSSR count). The Morgan fingerprint density at radius 3 is 2.35 bits per heavy atom.